The van der Waals surface area contributed by atoms with Crippen molar-refractivity contribution < 1.29 is 0 Å². The number of aromatic nitrogens is 2. The van der Waals surface area contributed by atoms with Crippen LogP contribution in [-0.4, -0.2) is 16.5 Å². The monoisotopic (exact) mass is 278 g/mol. The summed E-state index contributed by atoms with van der Waals surface area (Å²) in [6.45, 7) is 3.79. The van der Waals surface area contributed by atoms with Crippen molar-refractivity contribution >= 4 is 22.5 Å². The summed E-state index contributed by atoms with van der Waals surface area (Å²) < 4.78 is 0. The second-order valence-corrected chi connectivity index (χ2v) is 4.97. The summed E-state index contributed by atoms with van der Waals surface area (Å²) in [5.41, 5.74) is 9.56. The fraction of sp³-hybridized carbons (Fsp3) is 0.176. The summed E-state index contributed by atoms with van der Waals surface area (Å²) >= 11 is 0. The molecule has 4 heteroatoms. The largest absolute Gasteiger partial charge is 0.399 e. The van der Waals surface area contributed by atoms with Crippen LogP contribution >= 0.6 is 0 Å². The standard InChI is InChI=1S/C17H18N4/c1-2-21(12-13-7-9-14(18)10-8-13)17-11-19-15-5-3-4-6-16(15)20-17/h3-11H,2,12,18H2,1H3. The smallest absolute Gasteiger partial charge is 0.148 e. The zero-order valence-corrected chi connectivity index (χ0v) is 12.0. The van der Waals surface area contributed by atoms with Gasteiger partial charge in [0.15, 0.2) is 0 Å². The van der Waals surface area contributed by atoms with Crippen molar-refractivity contribution in [3.05, 3.63) is 60.3 Å². The summed E-state index contributed by atoms with van der Waals surface area (Å²) in [6.07, 6.45) is 1.84. The summed E-state index contributed by atoms with van der Waals surface area (Å²) in [5.74, 6) is 0.896. The number of nitrogen functional groups attached to an aromatic ring is 1. The van der Waals surface area contributed by atoms with Gasteiger partial charge in [0.2, 0.25) is 0 Å². The molecule has 0 radical (unpaired) electrons. The minimum atomic E-state index is 0.785. The van der Waals surface area contributed by atoms with E-state index in [0.29, 0.717) is 0 Å². The van der Waals surface area contributed by atoms with E-state index < -0.39 is 0 Å². The molecule has 1 heterocycles. The lowest BCUT2D eigenvalue weighted by Gasteiger charge is -2.22. The van der Waals surface area contributed by atoms with Crippen LogP contribution in [0.15, 0.2) is 54.7 Å². The second kappa shape index (κ2) is 5.79. The molecule has 0 aliphatic heterocycles. The SMILES string of the molecule is CCN(Cc1ccc(N)cc1)c1cnc2ccccc2n1. The Bertz CT molecular complexity index is 737. The molecule has 3 aromatic rings. The molecule has 0 aliphatic rings. The Morgan fingerprint density at radius 1 is 1.00 bits per heavy atom. The van der Waals surface area contributed by atoms with Gasteiger partial charge in [-0.3, -0.25) is 4.98 Å². The molecule has 3 rings (SSSR count). The van der Waals surface area contributed by atoms with Crippen LogP contribution in [0.5, 0.6) is 0 Å². The average molecular weight is 278 g/mol. The van der Waals surface area contributed by atoms with Crippen molar-refractivity contribution in [3.8, 4) is 0 Å². The number of para-hydroxylation sites is 2. The normalized spacial score (nSPS) is 10.7. The van der Waals surface area contributed by atoms with Gasteiger partial charge in [-0.25, -0.2) is 4.98 Å². The minimum Gasteiger partial charge on any atom is -0.399 e. The van der Waals surface area contributed by atoms with E-state index in [1.54, 1.807) is 0 Å². The van der Waals surface area contributed by atoms with Crippen LogP contribution in [0.1, 0.15) is 12.5 Å². The summed E-state index contributed by atoms with van der Waals surface area (Å²) in [6, 6.07) is 15.9. The maximum absolute atomic E-state index is 5.73. The van der Waals surface area contributed by atoms with Crippen LogP contribution in [-0.2, 0) is 6.54 Å². The molecule has 0 unspecified atom stereocenters. The highest BCUT2D eigenvalue weighted by Crippen LogP contribution is 2.18. The second-order valence-electron chi connectivity index (χ2n) is 4.97. The Balaban J connectivity index is 1.88. The Morgan fingerprint density at radius 2 is 1.71 bits per heavy atom. The van der Waals surface area contributed by atoms with E-state index in [9.17, 15) is 0 Å². The van der Waals surface area contributed by atoms with Gasteiger partial charge in [0, 0.05) is 18.8 Å². The zero-order valence-electron chi connectivity index (χ0n) is 12.0. The maximum atomic E-state index is 5.73. The van der Waals surface area contributed by atoms with Crippen LogP contribution in [0, 0.1) is 0 Å². The van der Waals surface area contributed by atoms with Crippen LogP contribution in [0.2, 0.25) is 0 Å². The van der Waals surface area contributed by atoms with E-state index >= 15 is 0 Å². The summed E-state index contributed by atoms with van der Waals surface area (Å²) in [7, 11) is 0. The van der Waals surface area contributed by atoms with Gasteiger partial charge < -0.3 is 10.6 Å². The number of anilines is 2. The number of nitrogens with two attached hydrogens (primary N) is 1. The number of benzene rings is 2. The first-order valence-electron chi connectivity index (χ1n) is 7.07. The molecule has 1 aromatic heterocycles. The molecule has 0 saturated carbocycles. The van der Waals surface area contributed by atoms with Gasteiger partial charge in [-0.15, -0.1) is 0 Å². The van der Waals surface area contributed by atoms with Crippen molar-refractivity contribution in [2.24, 2.45) is 0 Å². The quantitative estimate of drug-likeness (QED) is 0.744. The van der Waals surface area contributed by atoms with Crippen molar-refractivity contribution in [1.29, 1.82) is 0 Å². The van der Waals surface area contributed by atoms with E-state index in [1.165, 1.54) is 5.56 Å². The Hall–Kier alpha value is -2.62. The summed E-state index contributed by atoms with van der Waals surface area (Å²) in [4.78, 5) is 11.4. The van der Waals surface area contributed by atoms with E-state index in [0.717, 1.165) is 35.6 Å². The number of rotatable bonds is 4. The average Bonchev–Trinajstić information content (AvgIpc) is 2.54. The van der Waals surface area contributed by atoms with Crippen molar-refractivity contribution in [1.82, 2.24) is 9.97 Å². The van der Waals surface area contributed by atoms with Gasteiger partial charge in [-0.05, 0) is 36.8 Å². The predicted molar refractivity (Wildman–Crippen MR) is 87.1 cm³/mol. The molecular formula is C17H18N4. The minimum absolute atomic E-state index is 0.785. The van der Waals surface area contributed by atoms with Crippen molar-refractivity contribution in [3.63, 3.8) is 0 Å². The fourth-order valence-corrected chi connectivity index (χ4v) is 2.30. The van der Waals surface area contributed by atoms with E-state index in [4.69, 9.17) is 10.7 Å². The molecule has 2 aromatic carbocycles. The van der Waals surface area contributed by atoms with E-state index in [1.807, 2.05) is 54.7 Å². The van der Waals surface area contributed by atoms with E-state index in [2.05, 4.69) is 16.8 Å². The Labute approximate surface area is 124 Å². The van der Waals surface area contributed by atoms with E-state index in [-0.39, 0.29) is 0 Å². The zero-order chi connectivity index (χ0) is 14.7. The molecule has 0 amide bonds. The molecule has 0 spiro atoms. The maximum Gasteiger partial charge on any atom is 0.148 e. The van der Waals surface area contributed by atoms with Crippen LogP contribution in [0.3, 0.4) is 0 Å². The molecule has 0 saturated heterocycles. The number of hydrogen-bond donors (Lipinski definition) is 1. The van der Waals surface area contributed by atoms with Crippen molar-refractivity contribution in [2.75, 3.05) is 17.2 Å². The molecule has 0 bridgehead atoms. The Kier molecular flexibility index (Phi) is 3.69. The lowest BCUT2D eigenvalue weighted by Crippen LogP contribution is -2.23. The lowest BCUT2D eigenvalue weighted by atomic mass is 10.2. The molecular weight excluding hydrogens is 260 g/mol. The van der Waals surface area contributed by atoms with Gasteiger partial charge >= 0.3 is 0 Å². The molecule has 0 atom stereocenters. The third kappa shape index (κ3) is 2.94. The van der Waals surface area contributed by atoms with Gasteiger partial charge in [0.05, 0.1) is 17.2 Å². The molecule has 0 fully saturated rings. The first-order valence-corrected chi connectivity index (χ1v) is 7.07. The Morgan fingerprint density at radius 3 is 2.43 bits per heavy atom. The van der Waals surface area contributed by atoms with Gasteiger partial charge in [-0.2, -0.15) is 0 Å². The predicted octanol–water partition coefficient (Wildman–Crippen LogP) is 3.24. The molecule has 2 N–H and O–H groups in total. The van der Waals surface area contributed by atoms with Crippen LogP contribution in [0.4, 0.5) is 11.5 Å². The topological polar surface area (TPSA) is 55.0 Å². The third-order valence-electron chi connectivity index (χ3n) is 3.49. The first-order chi connectivity index (χ1) is 10.3. The third-order valence-corrected chi connectivity index (χ3v) is 3.49. The highest BCUT2D eigenvalue weighted by molar-refractivity contribution is 5.75. The van der Waals surface area contributed by atoms with Gasteiger partial charge in [-0.1, -0.05) is 24.3 Å². The first kappa shape index (κ1) is 13.4. The number of fused-ring (bicyclic) bond motifs is 1. The highest BCUT2D eigenvalue weighted by Gasteiger charge is 2.08. The van der Waals surface area contributed by atoms with Crippen LogP contribution in [0.25, 0.3) is 11.0 Å². The summed E-state index contributed by atoms with van der Waals surface area (Å²) in [5, 5.41) is 0. The molecule has 21 heavy (non-hydrogen) atoms. The molecule has 0 aliphatic carbocycles. The fourth-order valence-electron chi connectivity index (χ4n) is 2.30. The number of nitrogens with zero attached hydrogens (tertiary/aromatic N) is 3. The van der Waals surface area contributed by atoms with Gasteiger partial charge in [0.25, 0.3) is 0 Å². The van der Waals surface area contributed by atoms with Gasteiger partial charge in [0.1, 0.15) is 5.82 Å². The molecule has 106 valence electrons. The lowest BCUT2D eigenvalue weighted by molar-refractivity contribution is 0.813. The number of hydrogen-bond acceptors (Lipinski definition) is 4. The highest BCUT2D eigenvalue weighted by atomic mass is 15.2. The molecule has 4 nitrogen and oxygen atoms in total. The van der Waals surface area contributed by atoms with Crippen LogP contribution < -0.4 is 10.6 Å². The van der Waals surface area contributed by atoms with Crippen molar-refractivity contribution in [2.45, 2.75) is 13.5 Å².